The molecule has 1 aliphatic carbocycles. The molecule has 3 rings (SSSR count). The molecule has 0 saturated heterocycles. The number of halogens is 1. The molecule has 0 aromatic carbocycles. The summed E-state index contributed by atoms with van der Waals surface area (Å²) >= 11 is 7.53. The Labute approximate surface area is 114 Å². The summed E-state index contributed by atoms with van der Waals surface area (Å²) in [6.45, 7) is 2.81. The van der Waals surface area contributed by atoms with E-state index in [1.165, 1.54) is 17.7 Å². The predicted octanol–water partition coefficient (Wildman–Crippen LogP) is 2.25. The lowest BCUT2D eigenvalue weighted by atomic mass is 10.3. The maximum absolute atomic E-state index is 5.96. The predicted molar refractivity (Wildman–Crippen MR) is 70.8 cm³/mol. The summed E-state index contributed by atoms with van der Waals surface area (Å²) < 4.78 is 2.65. The van der Waals surface area contributed by atoms with Gasteiger partial charge in [-0.3, -0.25) is 0 Å². The van der Waals surface area contributed by atoms with Crippen molar-refractivity contribution in [3.8, 4) is 0 Å². The minimum absolute atomic E-state index is 0.119. The van der Waals surface area contributed by atoms with E-state index in [2.05, 4.69) is 27.8 Å². The van der Waals surface area contributed by atoms with Crippen LogP contribution in [0.25, 0.3) is 0 Å². The van der Waals surface area contributed by atoms with E-state index in [9.17, 15) is 0 Å². The molecule has 2 heterocycles. The van der Waals surface area contributed by atoms with Crippen LogP contribution in [-0.4, -0.2) is 26.2 Å². The third kappa shape index (κ3) is 2.55. The molecule has 0 radical (unpaired) electrons. The normalized spacial score (nSPS) is 17.0. The van der Waals surface area contributed by atoms with Gasteiger partial charge in [-0.15, -0.1) is 16.4 Å². The van der Waals surface area contributed by atoms with Crippen LogP contribution in [0.15, 0.2) is 12.1 Å². The fourth-order valence-corrected chi connectivity index (χ4v) is 2.92. The third-order valence-corrected chi connectivity index (χ3v) is 4.46. The number of rotatable bonds is 5. The number of tetrazole rings is 1. The minimum atomic E-state index is 0.119. The second-order valence-electron chi connectivity index (χ2n) is 4.51. The van der Waals surface area contributed by atoms with Crippen molar-refractivity contribution in [2.75, 3.05) is 0 Å². The molecular formula is C11H14ClN5S. The van der Waals surface area contributed by atoms with Gasteiger partial charge in [0.2, 0.25) is 0 Å². The Morgan fingerprint density at radius 3 is 3.06 bits per heavy atom. The molecule has 1 saturated carbocycles. The van der Waals surface area contributed by atoms with Gasteiger partial charge in [-0.05, 0) is 42.3 Å². The Morgan fingerprint density at radius 1 is 1.56 bits per heavy atom. The number of hydrogen-bond donors (Lipinski definition) is 1. The van der Waals surface area contributed by atoms with Crippen LogP contribution in [0.4, 0.5) is 0 Å². The van der Waals surface area contributed by atoms with E-state index in [0.717, 1.165) is 16.7 Å². The van der Waals surface area contributed by atoms with Crippen molar-refractivity contribution < 1.29 is 0 Å². The molecule has 5 nitrogen and oxygen atoms in total. The highest BCUT2D eigenvalue weighted by Crippen LogP contribution is 2.29. The van der Waals surface area contributed by atoms with Crippen LogP contribution < -0.4 is 5.32 Å². The second kappa shape index (κ2) is 4.95. The Morgan fingerprint density at radius 2 is 2.39 bits per heavy atom. The van der Waals surface area contributed by atoms with Crippen molar-refractivity contribution in [1.82, 2.24) is 25.5 Å². The zero-order chi connectivity index (χ0) is 12.5. The van der Waals surface area contributed by atoms with Crippen molar-refractivity contribution in [2.24, 2.45) is 0 Å². The van der Waals surface area contributed by atoms with Crippen LogP contribution in [0.2, 0.25) is 4.34 Å². The molecule has 7 heteroatoms. The number of aromatic nitrogens is 4. The molecule has 0 amide bonds. The number of nitrogens with zero attached hydrogens (tertiary/aromatic N) is 4. The summed E-state index contributed by atoms with van der Waals surface area (Å²) in [5.41, 5.74) is 0. The topological polar surface area (TPSA) is 55.6 Å². The fraction of sp³-hybridized carbons (Fsp3) is 0.545. The van der Waals surface area contributed by atoms with Crippen molar-refractivity contribution in [2.45, 2.75) is 38.4 Å². The molecule has 1 unspecified atom stereocenters. The van der Waals surface area contributed by atoms with Gasteiger partial charge in [-0.1, -0.05) is 11.6 Å². The van der Waals surface area contributed by atoms with Gasteiger partial charge in [0.25, 0.3) is 0 Å². The first-order valence-electron chi connectivity index (χ1n) is 5.99. The van der Waals surface area contributed by atoms with Crippen molar-refractivity contribution in [3.05, 3.63) is 27.2 Å². The van der Waals surface area contributed by atoms with Crippen LogP contribution in [0.3, 0.4) is 0 Å². The van der Waals surface area contributed by atoms with Crippen molar-refractivity contribution in [1.29, 1.82) is 0 Å². The monoisotopic (exact) mass is 283 g/mol. The van der Waals surface area contributed by atoms with Gasteiger partial charge in [-0.25, -0.2) is 4.68 Å². The molecule has 0 aliphatic heterocycles. The molecular weight excluding hydrogens is 270 g/mol. The molecule has 1 aliphatic rings. The van der Waals surface area contributed by atoms with Crippen LogP contribution in [0.1, 0.15) is 36.5 Å². The van der Waals surface area contributed by atoms with E-state index in [1.807, 2.05) is 16.8 Å². The van der Waals surface area contributed by atoms with E-state index in [-0.39, 0.29) is 6.04 Å². The third-order valence-electron chi connectivity index (χ3n) is 3.06. The average Bonchev–Trinajstić information content (AvgIpc) is 2.90. The molecule has 2 aromatic rings. The lowest BCUT2D eigenvalue weighted by Gasteiger charge is -2.11. The maximum Gasteiger partial charge on any atom is 0.165 e. The van der Waals surface area contributed by atoms with Crippen LogP contribution >= 0.6 is 22.9 Å². The quantitative estimate of drug-likeness (QED) is 0.914. The molecule has 18 heavy (non-hydrogen) atoms. The van der Waals surface area contributed by atoms with Crippen LogP contribution in [0.5, 0.6) is 0 Å². The largest absolute Gasteiger partial charge is 0.307 e. The van der Waals surface area contributed by atoms with Gasteiger partial charge in [0.15, 0.2) is 5.82 Å². The zero-order valence-corrected chi connectivity index (χ0v) is 11.6. The van der Waals surface area contributed by atoms with Gasteiger partial charge in [0, 0.05) is 10.9 Å². The summed E-state index contributed by atoms with van der Waals surface area (Å²) in [5.74, 6) is 0.874. The SMILES string of the molecule is CC(c1ccc(Cl)s1)n1nnnc1CNC1CC1. The summed E-state index contributed by atoms with van der Waals surface area (Å²) in [6, 6.07) is 4.71. The van der Waals surface area contributed by atoms with Gasteiger partial charge >= 0.3 is 0 Å². The van der Waals surface area contributed by atoms with E-state index in [0.29, 0.717) is 6.04 Å². The Hall–Kier alpha value is -0.980. The first-order valence-corrected chi connectivity index (χ1v) is 7.19. The van der Waals surface area contributed by atoms with Gasteiger partial charge in [-0.2, -0.15) is 0 Å². The highest BCUT2D eigenvalue weighted by molar-refractivity contribution is 7.16. The summed E-state index contributed by atoms with van der Waals surface area (Å²) in [6.07, 6.45) is 2.52. The average molecular weight is 284 g/mol. The fourth-order valence-electron chi connectivity index (χ4n) is 1.83. The van der Waals surface area contributed by atoms with Gasteiger partial charge in [0.1, 0.15) is 0 Å². The van der Waals surface area contributed by atoms with E-state index in [4.69, 9.17) is 11.6 Å². The van der Waals surface area contributed by atoms with Crippen LogP contribution in [0, 0.1) is 0 Å². The van der Waals surface area contributed by atoms with Crippen LogP contribution in [-0.2, 0) is 6.54 Å². The number of thiophene rings is 1. The Balaban J connectivity index is 1.75. The molecule has 2 aromatic heterocycles. The zero-order valence-electron chi connectivity index (χ0n) is 10.0. The first-order chi connectivity index (χ1) is 8.74. The number of hydrogen-bond acceptors (Lipinski definition) is 5. The second-order valence-corrected chi connectivity index (χ2v) is 6.26. The molecule has 1 N–H and O–H groups in total. The standard InChI is InChI=1S/C11H14ClN5S/c1-7(9-4-5-10(12)18-9)17-11(14-15-16-17)6-13-8-2-3-8/h4-5,7-8,13H,2-3,6H2,1H3. The summed E-state index contributed by atoms with van der Waals surface area (Å²) in [7, 11) is 0. The Bertz CT molecular complexity index is 533. The number of nitrogens with one attached hydrogen (secondary N) is 1. The summed E-state index contributed by atoms with van der Waals surface area (Å²) in [4.78, 5) is 1.17. The molecule has 96 valence electrons. The molecule has 0 bridgehead atoms. The minimum Gasteiger partial charge on any atom is -0.307 e. The highest BCUT2D eigenvalue weighted by atomic mass is 35.5. The van der Waals surface area contributed by atoms with E-state index in [1.54, 1.807) is 11.3 Å². The smallest absolute Gasteiger partial charge is 0.165 e. The molecule has 0 spiro atoms. The van der Waals surface area contributed by atoms with Crippen molar-refractivity contribution >= 4 is 22.9 Å². The van der Waals surface area contributed by atoms with E-state index >= 15 is 0 Å². The summed E-state index contributed by atoms with van der Waals surface area (Å²) in [5, 5.41) is 15.4. The first kappa shape index (κ1) is 12.1. The molecule has 1 fully saturated rings. The molecule has 1 atom stereocenters. The lowest BCUT2D eigenvalue weighted by Crippen LogP contribution is -2.21. The van der Waals surface area contributed by atoms with Crippen molar-refractivity contribution in [3.63, 3.8) is 0 Å². The van der Waals surface area contributed by atoms with E-state index < -0.39 is 0 Å². The Kier molecular flexibility index (Phi) is 3.32. The lowest BCUT2D eigenvalue weighted by molar-refractivity contribution is 0.510. The highest BCUT2D eigenvalue weighted by Gasteiger charge is 2.22. The van der Waals surface area contributed by atoms with Gasteiger partial charge < -0.3 is 5.32 Å². The maximum atomic E-state index is 5.96. The van der Waals surface area contributed by atoms with Gasteiger partial charge in [0.05, 0.1) is 16.9 Å².